The highest BCUT2D eigenvalue weighted by Crippen LogP contribution is 2.30. The Bertz CT molecular complexity index is 1670. The van der Waals surface area contributed by atoms with E-state index in [-0.39, 0.29) is 24.5 Å². The number of anilines is 1. The number of urea groups is 1. The summed E-state index contributed by atoms with van der Waals surface area (Å²) >= 11 is 12.2. The van der Waals surface area contributed by atoms with Crippen molar-refractivity contribution in [2.24, 2.45) is 0 Å². The SMILES string of the molecule is COc1ccc(/C=C2\C(=O)NC(=O)N(c3ccc(OCc4ccccc4Cl)cc3)C2=O)c(OCc2ccc(Cl)cc2)c1. The van der Waals surface area contributed by atoms with Gasteiger partial charge in [0.1, 0.15) is 36.0 Å². The first-order valence-corrected chi connectivity index (χ1v) is 13.5. The average molecular weight is 603 g/mol. The summed E-state index contributed by atoms with van der Waals surface area (Å²) < 4.78 is 17.1. The van der Waals surface area contributed by atoms with Gasteiger partial charge in [-0.2, -0.15) is 0 Å². The molecule has 1 N–H and O–H groups in total. The number of barbiturate groups is 1. The summed E-state index contributed by atoms with van der Waals surface area (Å²) in [5.41, 5.74) is 2.14. The number of nitrogens with one attached hydrogen (secondary N) is 1. The maximum Gasteiger partial charge on any atom is 0.335 e. The Labute approximate surface area is 252 Å². The van der Waals surface area contributed by atoms with Crippen LogP contribution in [0.3, 0.4) is 0 Å². The largest absolute Gasteiger partial charge is 0.497 e. The molecule has 0 saturated carbocycles. The second-order valence-electron chi connectivity index (χ2n) is 9.15. The van der Waals surface area contributed by atoms with Crippen molar-refractivity contribution in [1.82, 2.24) is 5.32 Å². The molecule has 5 rings (SSSR count). The fraction of sp³-hybridized carbons (Fsp3) is 0.0938. The molecule has 0 aromatic heterocycles. The smallest absolute Gasteiger partial charge is 0.335 e. The van der Waals surface area contributed by atoms with Crippen molar-refractivity contribution in [2.45, 2.75) is 13.2 Å². The number of imide groups is 2. The normalized spacial score (nSPS) is 14.1. The third-order valence-electron chi connectivity index (χ3n) is 6.38. The van der Waals surface area contributed by atoms with E-state index in [4.69, 9.17) is 37.4 Å². The van der Waals surface area contributed by atoms with Gasteiger partial charge in [0.2, 0.25) is 0 Å². The van der Waals surface area contributed by atoms with Crippen molar-refractivity contribution in [1.29, 1.82) is 0 Å². The molecule has 0 bridgehead atoms. The third-order valence-corrected chi connectivity index (χ3v) is 7.00. The van der Waals surface area contributed by atoms with Crippen molar-refractivity contribution in [2.75, 3.05) is 12.0 Å². The maximum absolute atomic E-state index is 13.5. The molecule has 1 saturated heterocycles. The number of methoxy groups -OCH3 is 1. The van der Waals surface area contributed by atoms with E-state index in [1.165, 1.54) is 13.2 Å². The summed E-state index contributed by atoms with van der Waals surface area (Å²) in [6.45, 7) is 0.448. The molecule has 1 heterocycles. The van der Waals surface area contributed by atoms with Gasteiger partial charge in [-0.1, -0.05) is 53.5 Å². The zero-order chi connectivity index (χ0) is 29.6. The number of carbonyl (C=O) groups is 3. The molecule has 1 fully saturated rings. The van der Waals surface area contributed by atoms with E-state index in [1.807, 2.05) is 30.3 Å². The van der Waals surface area contributed by atoms with Crippen molar-refractivity contribution in [3.05, 3.63) is 123 Å². The summed E-state index contributed by atoms with van der Waals surface area (Å²) in [6.07, 6.45) is 1.38. The molecule has 4 amide bonds. The van der Waals surface area contributed by atoms with E-state index >= 15 is 0 Å². The van der Waals surface area contributed by atoms with Crippen LogP contribution in [0.1, 0.15) is 16.7 Å². The second kappa shape index (κ2) is 12.8. The number of halogens is 2. The quantitative estimate of drug-likeness (QED) is 0.167. The van der Waals surface area contributed by atoms with E-state index in [0.29, 0.717) is 32.9 Å². The maximum atomic E-state index is 13.5. The molecule has 212 valence electrons. The van der Waals surface area contributed by atoms with E-state index in [2.05, 4.69) is 5.32 Å². The fourth-order valence-electron chi connectivity index (χ4n) is 4.14. The minimum Gasteiger partial charge on any atom is -0.497 e. The molecule has 1 aliphatic heterocycles. The first-order valence-electron chi connectivity index (χ1n) is 12.8. The Kier molecular flexibility index (Phi) is 8.76. The van der Waals surface area contributed by atoms with Gasteiger partial charge >= 0.3 is 6.03 Å². The highest BCUT2D eigenvalue weighted by Gasteiger charge is 2.37. The minimum atomic E-state index is -0.860. The lowest BCUT2D eigenvalue weighted by molar-refractivity contribution is -0.122. The van der Waals surface area contributed by atoms with Gasteiger partial charge in [0, 0.05) is 27.2 Å². The van der Waals surface area contributed by atoms with Crippen LogP contribution in [0, 0.1) is 0 Å². The highest BCUT2D eigenvalue weighted by atomic mass is 35.5. The summed E-state index contributed by atoms with van der Waals surface area (Å²) in [6, 6.07) is 25.0. The first-order chi connectivity index (χ1) is 20.3. The molecule has 4 aromatic rings. The molecule has 4 aromatic carbocycles. The molecule has 8 nitrogen and oxygen atoms in total. The molecule has 0 atom stereocenters. The van der Waals surface area contributed by atoms with Gasteiger partial charge in [0.15, 0.2) is 0 Å². The lowest BCUT2D eigenvalue weighted by Crippen LogP contribution is -2.54. The van der Waals surface area contributed by atoms with Crippen LogP contribution in [0.4, 0.5) is 10.5 Å². The number of carbonyl (C=O) groups excluding carboxylic acids is 3. The number of ether oxygens (including phenoxy) is 3. The molecule has 10 heteroatoms. The molecule has 0 aliphatic carbocycles. The summed E-state index contributed by atoms with van der Waals surface area (Å²) in [5.74, 6) is -0.193. The Morgan fingerprint density at radius 1 is 0.810 bits per heavy atom. The van der Waals surface area contributed by atoms with Gasteiger partial charge in [-0.15, -0.1) is 0 Å². The molecule has 1 aliphatic rings. The lowest BCUT2D eigenvalue weighted by Gasteiger charge is -2.26. The second-order valence-corrected chi connectivity index (χ2v) is 9.99. The highest BCUT2D eigenvalue weighted by molar-refractivity contribution is 6.39. The number of benzene rings is 4. The monoisotopic (exact) mass is 602 g/mol. The summed E-state index contributed by atoms with van der Waals surface area (Å²) in [7, 11) is 1.52. The Hall–Kier alpha value is -4.79. The van der Waals surface area contributed by atoms with E-state index in [1.54, 1.807) is 60.7 Å². The van der Waals surface area contributed by atoms with E-state index in [9.17, 15) is 14.4 Å². The van der Waals surface area contributed by atoms with Gasteiger partial charge in [0.25, 0.3) is 11.8 Å². The molecule has 0 spiro atoms. The number of hydrogen-bond donors (Lipinski definition) is 1. The number of amides is 4. The zero-order valence-corrected chi connectivity index (χ0v) is 23.8. The standard InChI is InChI=1S/C32H24Cl2N2O6/c1-40-26-13-8-21(29(17-26)42-18-20-6-9-23(33)10-7-20)16-27-30(37)35-32(39)36(31(27)38)24-11-14-25(15-12-24)41-19-22-4-2-3-5-28(22)34/h2-17H,18-19H2,1H3,(H,35,37,39)/b27-16+. The number of nitrogens with zero attached hydrogens (tertiary/aromatic N) is 1. The van der Waals surface area contributed by atoms with Crippen LogP contribution >= 0.6 is 23.2 Å². The minimum absolute atomic E-state index is 0.205. The van der Waals surface area contributed by atoms with Gasteiger partial charge in [-0.3, -0.25) is 14.9 Å². The van der Waals surface area contributed by atoms with E-state index < -0.39 is 17.8 Å². The number of rotatable bonds is 9. The van der Waals surface area contributed by atoms with Crippen molar-refractivity contribution >= 4 is 52.8 Å². The van der Waals surface area contributed by atoms with Gasteiger partial charge in [0.05, 0.1) is 12.8 Å². The summed E-state index contributed by atoms with van der Waals surface area (Å²) in [5, 5.41) is 3.43. The van der Waals surface area contributed by atoms with Crippen LogP contribution in [0.25, 0.3) is 6.08 Å². The molecule has 0 radical (unpaired) electrons. The van der Waals surface area contributed by atoms with Crippen LogP contribution in [0.5, 0.6) is 17.2 Å². The Morgan fingerprint density at radius 3 is 2.24 bits per heavy atom. The molecular formula is C32H24Cl2N2O6. The van der Waals surface area contributed by atoms with Crippen LogP contribution in [-0.2, 0) is 22.8 Å². The van der Waals surface area contributed by atoms with Crippen molar-refractivity contribution < 1.29 is 28.6 Å². The third kappa shape index (κ3) is 6.57. The summed E-state index contributed by atoms with van der Waals surface area (Å²) in [4.78, 5) is 39.9. The Balaban J connectivity index is 1.37. The lowest BCUT2D eigenvalue weighted by atomic mass is 10.1. The topological polar surface area (TPSA) is 94.2 Å². The average Bonchev–Trinajstić information content (AvgIpc) is 2.99. The van der Waals surface area contributed by atoms with Gasteiger partial charge in [-0.25, -0.2) is 9.69 Å². The van der Waals surface area contributed by atoms with Gasteiger partial charge in [-0.05, 0) is 66.2 Å². The van der Waals surface area contributed by atoms with Crippen LogP contribution in [0.15, 0.2) is 96.6 Å². The van der Waals surface area contributed by atoms with Crippen LogP contribution in [-0.4, -0.2) is 25.0 Å². The van der Waals surface area contributed by atoms with Crippen molar-refractivity contribution in [3.63, 3.8) is 0 Å². The Morgan fingerprint density at radius 2 is 1.52 bits per heavy atom. The van der Waals surface area contributed by atoms with E-state index in [0.717, 1.165) is 16.0 Å². The fourth-order valence-corrected chi connectivity index (χ4v) is 4.46. The van der Waals surface area contributed by atoms with Crippen LogP contribution in [0.2, 0.25) is 10.0 Å². The van der Waals surface area contributed by atoms with Crippen molar-refractivity contribution in [3.8, 4) is 17.2 Å². The molecule has 42 heavy (non-hydrogen) atoms. The predicted molar refractivity (Wildman–Crippen MR) is 160 cm³/mol. The zero-order valence-electron chi connectivity index (χ0n) is 22.3. The van der Waals surface area contributed by atoms with Gasteiger partial charge < -0.3 is 14.2 Å². The van der Waals surface area contributed by atoms with Crippen LogP contribution < -0.4 is 24.4 Å². The molecule has 0 unspecified atom stereocenters. The predicted octanol–water partition coefficient (Wildman–Crippen LogP) is 6.83. The number of hydrogen-bond acceptors (Lipinski definition) is 6. The molecular weight excluding hydrogens is 579 g/mol. The first kappa shape index (κ1) is 28.7.